The molecule has 24 heavy (non-hydrogen) atoms. The van der Waals surface area contributed by atoms with E-state index < -0.39 is 48.2 Å². The van der Waals surface area contributed by atoms with Crippen LogP contribution in [0.25, 0.3) is 0 Å². The van der Waals surface area contributed by atoms with Crippen LogP contribution in [0.1, 0.15) is 32.6 Å². The van der Waals surface area contributed by atoms with Crippen LogP contribution in [0, 0.1) is 0 Å². The predicted octanol–water partition coefficient (Wildman–Crippen LogP) is -0.776. The molecule has 2 aliphatic heterocycles. The van der Waals surface area contributed by atoms with Crippen molar-refractivity contribution in [1.82, 2.24) is 5.32 Å². The molecule has 10 heteroatoms. The topological polar surface area (TPSA) is 120 Å². The zero-order chi connectivity index (χ0) is 18.2. The number of hydrogen-bond acceptors (Lipinski definition) is 6. The normalized spacial score (nSPS) is 32.4. The first-order valence-corrected chi connectivity index (χ1v) is 11.4. The Labute approximate surface area is 143 Å². The van der Waals surface area contributed by atoms with Crippen molar-refractivity contribution in [2.45, 2.75) is 43.4 Å². The van der Waals surface area contributed by atoms with Gasteiger partial charge in [0.25, 0.3) is 0 Å². The number of carbonyl (C=O) groups is 1. The lowest BCUT2D eigenvalue weighted by Crippen LogP contribution is -2.57. The summed E-state index contributed by atoms with van der Waals surface area (Å²) in [6, 6.07) is 0. The minimum atomic E-state index is -4.82. The number of piperidine rings is 1. The summed E-state index contributed by atoms with van der Waals surface area (Å²) in [5, 5.41) is 0.877. The highest BCUT2D eigenvalue weighted by Crippen LogP contribution is 2.29. The molecule has 140 valence electrons. The summed E-state index contributed by atoms with van der Waals surface area (Å²) in [5.41, 5.74) is -1.56. The number of amides is 1. The first kappa shape index (κ1) is 19.6. The van der Waals surface area contributed by atoms with Gasteiger partial charge in [0.05, 0.1) is 55.4 Å². The number of rotatable bonds is 5. The zero-order valence-electron chi connectivity index (χ0n) is 14.2. The van der Waals surface area contributed by atoms with E-state index in [-0.39, 0.29) is 6.42 Å². The SMILES string of the molecule is CC1(NC(=O)CC[N+]2(C)CCCCC2)CS(=O)(=O)CC1S(=O)(=O)[O-]. The minimum absolute atomic E-state index is 0.178. The van der Waals surface area contributed by atoms with E-state index in [1.165, 1.54) is 13.3 Å². The standard InChI is InChI=1S/C14H26N2O6S2/c1-14(11-23(18,19)10-12(14)24(20,21)22)15-13(17)6-9-16(2)7-4-3-5-8-16/h12H,3-11H2,1-2H3,(H-,15,17,20,21,22). The Morgan fingerprint density at radius 2 is 1.88 bits per heavy atom. The summed E-state index contributed by atoms with van der Waals surface area (Å²) >= 11 is 0. The summed E-state index contributed by atoms with van der Waals surface area (Å²) < 4.78 is 58.6. The number of sulfone groups is 1. The molecule has 0 aromatic carbocycles. The van der Waals surface area contributed by atoms with Gasteiger partial charge in [0.2, 0.25) is 5.91 Å². The largest absolute Gasteiger partial charge is 0.748 e. The lowest BCUT2D eigenvalue weighted by atomic mass is 10.0. The molecule has 2 rings (SSSR count). The van der Waals surface area contributed by atoms with E-state index in [0.29, 0.717) is 6.54 Å². The zero-order valence-corrected chi connectivity index (χ0v) is 15.8. The molecule has 0 aromatic heterocycles. The van der Waals surface area contributed by atoms with Gasteiger partial charge in [-0.15, -0.1) is 0 Å². The first-order chi connectivity index (χ1) is 10.9. The van der Waals surface area contributed by atoms with Crippen LogP contribution in [0.2, 0.25) is 0 Å². The summed E-state index contributed by atoms with van der Waals surface area (Å²) in [5.74, 6) is -1.67. The van der Waals surface area contributed by atoms with E-state index in [0.717, 1.165) is 30.4 Å². The highest BCUT2D eigenvalue weighted by Gasteiger charge is 2.51. The third-order valence-corrected chi connectivity index (χ3v) is 8.66. The van der Waals surface area contributed by atoms with Crippen molar-refractivity contribution in [3.05, 3.63) is 0 Å². The van der Waals surface area contributed by atoms with E-state index in [9.17, 15) is 26.2 Å². The molecule has 2 heterocycles. The molecule has 2 aliphatic rings. The number of likely N-dealkylation sites (tertiary alicyclic amines) is 1. The molecule has 0 aromatic rings. The molecule has 2 unspecified atom stereocenters. The quantitative estimate of drug-likeness (QED) is 0.492. The van der Waals surface area contributed by atoms with Gasteiger partial charge in [-0.25, -0.2) is 16.8 Å². The molecule has 1 N–H and O–H groups in total. The van der Waals surface area contributed by atoms with Crippen LogP contribution >= 0.6 is 0 Å². The van der Waals surface area contributed by atoms with E-state index in [2.05, 4.69) is 12.4 Å². The summed E-state index contributed by atoms with van der Waals surface area (Å²) in [4.78, 5) is 12.3. The molecule has 0 spiro atoms. The number of nitrogens with zero attached hydrogens (tertiary/aromatic N) is 1. The van der Waals surface area contributed by atoms with Gasteiger partial charge in [0.1, 0.15) is 10.1 Å². The fourth-order valence-corrected chi connectivity index (χ4v) is 8.10. The fourth-order valence-electron chi connectivity index (χ4n) is 3.79. The van der Waals surface area contributed by atoms with Crippen LogP contribution in [0.3, 0.4) is 0 Å². The Bertz CT molecular complexity index is 697. The van der Waals surface area contributed by atoms with Crippen LogP contribution in [0.15, 0.2) is 0 Å². The minimum Gasteiger partial charge on any atom is -0.748 e. The van der Waals surface area contributed by atoms with Gasteiger partial charge in [0.15, 0.2) is 9.84 Å². The number of carbonyl (C=O) groups excluding carboxylic acids is 1. The van der Waals surface area contributed by atoms with Gasteiger partial charge in [-0.05, 0) is 26.2 Å². The van der Waals surface area contributed by atoms with Gasteiger partial charge in [-0.2, -0.15) is 0 Å². The van der Waals surface area contributed by atoms with Crippen molar-refractivity contribution in [1.29, 1.82) is 0 Å². The lowest BCUT2D eigenvalue weighted by molar-refractivity contribution is -0.913. The Morgan fingerprint density at radius 1 is 1.29 bits per heavy atom. The maximum absolute atomic E-state index is 12.3. The molecule has 0 bridgehead atoms. The molecule has 2 saturated heterocycles. The van der Waals surface area contributed by atoms with Gasteiger partial charge >= 0.3 is 0 Å². The first-order valence-electron chi connectivity index (χ1n) is 8.15. The number of hydrogen-bond donors (Lipinski definition) is 1. The molecule has 0 aliphatic carbocycles. The van der Waals surface area contributed by atoms with Crippen molar-refractivity contribution in [3.63, 3.8) is 0 Å². The maximum Gasteiger partial charge on any atom is 0.226 e. The van der Waals surface area contributed by atoms with Gasteiger partial charge in [-0.3, -0.25) is 4.79 Å². The van der Waals surface area contributed by atoms with Crippen molar-refractivity contribution in [2.75, 3.05) is 38.2 Å². The lowest BCUT2D eigenvalue weighted by Gasteiger charge is -2.38. The predicted molar refractivity (Wildman–Crippen MR) is 87.9 cm³/mol. The smallest absolute Gasteiger partial charge is 0.226 e. The Kier molecular flexibility index (Phi) is 5.35. The summed E-state index contributed by atoms with van der Waals surface area (Å²) in [7, 11) is -6.42. The average molecular weight is 383 g/mol. The van der Waals surface area contributed by atoms with Gasteiger partial charge < -0.3 is 14.4 Å². The van der Waals surface area contributed by atoms with Gasteiger partial charge in [0, 0.05) is 0 Å². The molecule has 0 saturated carbocycles. The molecule has 2 fully saturated rings. The molecule has 8 nitrogen and oxygen atoms in total. The highest BCUT2D eigenvalue weighted by atomic mass is 32.2. The van der Waals surface area contributed by atoms with E-state index in [4.69, 9.17) is 0 Å². The number of nitrogens with one attached hydrogen (secondary N) is 1. The van der Waals surface area contributed by atoms with Crippen molar-refractivity contribution in [2.24, 2.45) is 0 Å². The average Bonchev–Trinajstić information content (AvgIpc) is 2.67. The molecule has 0 radical (unpaired) electrons. The number of quaternary nitrogens is 1. The fraction of sp³-hybridized carbons (Fsp3) is 0.929. The van der Waals surface area contributed by atoms with Crippen molar-refractivity contribution < 1.29 is 30.7 Å². The van der Waals surface area contributed by atoms with Crippen LogP contribution in [-0.4, -0.2) is 80.8 Å². The molecule has 1 amide bonds. The van der Waals surface area contributed by atoms with Crippen LogP contribution in [0.4, 0.5) is 0 Å². The third-order valence-electron chi connectivity index (χ3n) is 5.18. The van der Waals surface area contributed by atoms with E-state index >= 15 is 0 Å². The third kappa shape index (κ3) is 4.68. The molecular weight excluding hydrogens is 356 g/mol. The summed E-state index contributed by atoms with van der Waals surface area (Å²) in [6.45, 7) is 3.93. The Morgan fingerprint density at radius 3 is 2.42 bits per heavy atom. The molecule has 2 atom stereocenters. The Hall–Kier alpha value is -0.710. The van der Waals surface area contributed by atoms with Gasteiger partial charge in [-0.1, -0.05) is 0 Å². The van der Waals surface area contributed by atoms with E-state index in [1.807, 2.05) is 0 Å². The Balaban J connectivity index is 2.03. The summed E-state index contributed by atoms with van der Waals surface area (Å²) in [6.07, 6.45) is 3.60. The second kappa shape index (κ2) is 6.54. The van der Waals surface area contributed by atoms with Crippen molar-refractivity contribution >= 4 is 25.9 Å². The second-order valence-corrected chi connectivity index (χ2v) is 11.3. The van der Waals surface area contributed by atoms with Crippen LogP contribution in [0.5, 0.6) is 0 Å². The van der Waals surface area contributed by atoms with Crippen LogP contribution < -0.4 is 5.32 Å². The molecular formula is C14H26N2O6S2. The highest BCUT2D eigenvalue weighted by molar-refractivity contribution is 7.94. The van der Waals surface area contributed by atoms with Crippen molar-refractivity contribution in [3.8, 4) is 0 Å². The van der Waals surface area contributed by atoms with Crippen LogP contribution in [-0.2, 0) is 24.7 Å². The monoisotopic (exact) mass is 382 g/mol. The van der Waals surface area contributed by atoms with E-state index in [1.54, 1.807) is 0 Å². The second-order valence-electron chi connectivity index (χ2n) is 7.60. The maximum atomic E-state index is 12.3.